The summed E-state index contributed by atoms with van der Waals surface area (Å²) in [5.74, 6) is -0.626. The van der Waals surface area contributed by atoms with E-state index in [0.717, 1.165) is 22.5 Å². The lowest BCUT2D eigenvalue weighted by Crippen LogP contribution is -2.32. The molecule has 2 aromatic heterocycles. The Balaban J connectivity index is 1.70. The summed E-state index contributed by atoms with van der Waals surface area (Å²) < 4.78 is 22.4. The van der Waals surface area contributed by atoms with Crippen molar-refractivity contribution in [3.05, 3.63) is 94.7 Å². The van der Waals surface area contributed by atoms with Crippen LogP contribution >= 0.6 is 11.6 Å². The van der Waals surface area contributed by atoms with Gasteiger partial charge in [0.2, 0.25) is 0 Å². The molecule has 0 saturated carbocycles. The maximum Gasteiger partial charge on any atom is 0.412 e. The lowest BCUT2D eigenvalue weighted by Gasteiger charge is -2.20. The van der Waals surface area contributed by atoms with Crippen molar-refractivity contribution in [1.82, 2.24) is 14.9 Å². The van der Waals surface area contributed by atoms with Gasteiger partial charge in [0, 0.05) is 58.5 Å². The highest BCUT2D eigenvalue weighted by Crippen LogP contribution is 2.41. The monoisotopic (exact) mass is 546 g/mol. The SMILES string of the molecule is CC(C)(C)OC(=O)Nc1cccc(-c2c3c(n(Cc4ccc(Cl)cc4F)c2-c2ccncc2)CCNC3=O)c1. The maximum atomic E-state index is 15.0. The van der Waals surface area contributed by atoms with Gasteiger partial charge in [0.1, 0.15) is 11.4 Å². The maximum absolute atomic E-state index is 15.0. The average Bonchev–Trinajstić information content (AvgIpc) is 3.20. The van der Waals surface area contributed by atoms with Crippen LogP contribution in [0.15, 0.2) is 67.0 Å². The van der Waals surface area contributed by atoms with E-state index in [0.29, 0.717) is 40.4 Å². The highest BCUT2D eigenvalue weighted by atomic mass is 35.5. The molecule has 7 nitrogen and oxygen atoms in total. The Morgan fingerprint density at radius 3 is 2.59 bits per heavy atom. The van der Waals surface area contributed by atoms with Gasteiger partial charge in [-0.3, -0.25) is 15.1 Å². The van der Waals surface area contributed by atoms with Crippen molar-refractivity contribution in [3.63, 3.8) is 0 Å². The summed E-state index contributed by atoms with van der Waals surface area (Å²) >= 11 is 6.01. The molecule has 1 aliphatic rings. The predicted octanol–water partition coefficient (Wildman–Crippen LogP) is 6.69. The molecule has 0 aliphatic carbocycles. The number of nitrogens with zero attached hydrogens (tertiary/aromatic N) is 2. The smallest absolute Gasteiger partial charge is 0.412 e. The van der Waals surface area contributed by atoms with E-state index in [1.54, 1.807) is 57.4 Å². The van der Waals surface area contributed by atoms with E-state index in [9.17, 15) is 14.0 Å². The average molecular weight is 547 g/mol. The van der Waals surface area contributed by atoms with Crippen molar-refractivity contribution in [2.75, 3.05) is 11.9 Å². The molecule has 0 radical (unpaired) electrons. The number of amides is 2. The Hall–Kier alpha value is -4.17. The van der Waals surface area contributed by atoms with E-state index in [4.69, 9.17) is 16.3 Å². The van der Waals surface area contributed by atoms with Crippen molar-refractivity contribution in [1.29, 1.82) is 0 Å². The number of hydrogen-bond donors (Lipinski definition) is 2. The minimum atomic E-state index is -0.651. The predicted molar refractivity (Wildman–Crippen MR) is 150 cm³/mol. The Kier molecular flexibility index (Phi) is 7.14. The van der Waals surface area contributed by atoms with Crippen LogP contribution in [0.1, 0.15) is 42.4 Å². The van der Waals surface area contributed by atoms with Gasteiger partial charge in [-0.15, -0.1) is 0 Å². The molecule has 0 bridgehead atoms. The van der Waals surface area contributed by atoms with Crippen LogP contribution in [0.3, 0.4) is 0 Å². The summed E-state index contributed by atoms with van der Waals surface area (Å²) in [7, 11) is 0. The topological polar surface area (TPSA) is 85.2 Å². The highest BCUT2D eigenvalue weighted by Gasteiger charge is 2.31. The lowest BCUT2D eigenvalue weighted by molar-refractivity contribution is 0.0635. The fraction of sp³-hybridized carbons (Fsp3) is 0.233. The zero-order chi connectivity index (χ0) is 27.7. The molecular formula is C30H28ClFN4O3. The first-order valence-electron chi connectivity index (χ1n) is 12.6. The molecule has 1 aliphatic heterocycles. The van der Waals surface area contributed by atoms with Gasteiger partial charge in [0.05, 0.1) is 17.8 Å². The van der Waals surface area contributed by atoms with Crippen LogP contribution in [0.5, 0.6) is 0 Å². The molecule has 0 spiro atoms. The molecule has 0 unspecified atom stereocenters. The molecule has 0 fully saturated rings. The number of hydrogen-bond acceptors (Lipinski definition) is 4. The number of carbonyl (C=O) groups excluding carboxylic acids is 2. The molecule has 5 rings (SSSR count). The van der Waals surface area contributed by atoms with Gasteiger partial charge in [0.25, 0.3) is 5.91 Å². The first kappa shape index (κ1) is 26.4. The van der Waals surface area contributed by atoms with Crippen molar-refractivity contribution >= 4 is 29.3 Å². The number of rotatable bonds is 5. The van der Waals surface area contributed by atoms with Gasteiger partial charge < -0.3 is 14.6 Å². The van der Waals surface area contributed by atoms with Gasteiger partial charge >= 0.3 is 6.09 Å². The molecular weight excluding hydrogens is 519 g/mol. The second kappa shape index (κ2) is 10.5. The molecule has 9 heteroatoms. The normalized spacial score (nSPS) is 13.0. The lowest BCUT2D eigenvalue weighted by atomic mass is 9.95. The van der Waals surface area contributed by atoms with Crippen molar-refractivity contribution in [3.8, 4) is 22.4 Å². The summed E-state index contributed by atoms with van der Waals surface area (Å²) in [4.78, 5) is 30.0. The van der Waals surface area contributed by atoms with Crippen LogP contribution in [-0.2, 0) is 17.7 Å². The number of carbonyl (C=O) groups is 2. The number of anilines is 1. The summed E-state index contributed by atoms with van der Waals surface area (Å²) in [6, 6.07) is 15.6. The van der Waals surface area contributed by atoms with Crippen molar-refractivity contribution in [2.45, 2.75) is 39.3 Å². The standard InChI is InChI=1S/C30H28ClFN4O3/c1-30(2,3)39-29(38)35-22-6-4-5-19(15-22)25-26-24(11-14-34-28(26)37)36(27(25)18-9-12-33-13-10-18)17-20-7-8-21(31)16-23(20)32/h4-10,12-13,15-16H,11,14,17H2,1-3H3,(H,34,37)(H,35,38). The van der Waals surface area contributed by atoms with Crippen LogP contribution < -0.4 is 10.6 Å². The van der Waals surface area contributed by atoms with E-state index in [-0.39, 0.29) is 12.5 Å². The third-order valence-electron chi connectivity index (χ3n) is 6.34. The Morgan fingerprint density at radius 1 is 1.10 bits per heavy atom. The molecule has 2 N–H and O–H groups in total. The summed E-state index contributed by atoms with van der Waals surface area (Å²) in [5, 5.41) is 6.04. The number of nitrogens with one attached hydrogen (secondary N) is 2. The molecule has 200 valence electrons. The Bertz CT molecular complexity index is 1560. The first-order valence-corrected chi connectivity index (χ1v) is 13.0. The number of pyridine rings is 1. The van der Waals surface area contributed by atoms with Gasteiger partial charge in [0.15, 0.2) is 0 Å². The zero-order valence-corrected chi connectivity index (χ0v) is 22.6. The van der Waals surface area contributed by atoms with E-state index in [1.165, 1.54) is 6.07 Å². The summed E-state index contributed by atoms with van der Waals surface area (Å²) in [6.45, 7) is 6.05. The number of fused-ring (bicyclic) bond motifs is 1. The second-order valence-corrected chi connectivity index (χ2v) is 10.8. The van der Waals surface area contributed by atoms with Gasteiger partial charge in [-0.25, -0.2) is 9.18 Å². The fourth-order valence-electron chi connectivity index (χ4n) is 4.81. The van der Waals surface area contributed by atoms with Crippen LogP contribution in [-0.4, -0.2) is 33.7 Å². The van der Waals surface area contributed by atoms with Crippen LogP contribution in [0.25, 0.3) is 22.4 Å². The van der Waals surface area contributed by atoms with E-state index < -0.39 is 17.5 Å². The number of ether oxygens (including phenoxy) is 1. The first-order chi connectivity index (χ1) is 18.6. The Labute approximate surface area is 231 Å². The van der Waals surface area contributed by atoms with Crippen molar-refractivity contribution in [2.24, 2.45) is 0 Å². The quantitative estimate of drug-likeness (QED) is 0.292. The van der Waals surface area contributed by atoms with Gasteiger partial charge in [-0.05, 0) is 62.7 Å². The molecule has 4 aromatic rings. The van der Waals surface area contributed by atoms with E-state index >= 15 is 0 Å². The second-order valence-electron chi connectivity index (χ2n) is 10.3. The molecule has 2 amide bonds. The third kappa shape index (κ3) is 5.66. The van der Waals surface area contributed by atoms with Crippen LogP contribution in [0, 0.1) is 5.82 Å². The third-order valence-corrected chi connectivity index (χ3v) is 6.57. The van der Waals surface area contributed by atoms with Crippen LogP contribution in [0.2, 0.25) is 5.02 Å². The molecule has 0 saturated heterocycles. The van der Waals surface area contributed by atoms with Crippen LogP contribution in [0.4, 0.5) is 14.9 Å². The number of aromatic nitrogens is 2. The molecule has 39 heavy (non-hydrogen) atoms. The highest BCUT2D eigenvalue weighted by molar-refractivity contribution is 6.30. The molecule has 2 aromatic carbocycles. The molecule has 3 heterocycles. The number of halogens is 2. The van der Waals surface area contributed by atoms with E-state index in [1.807, 2.05) is 28.8 Å². The summed E-state index contributed by atoms with van der Waals surface area (Å²) in [6.07, 6.45) is 3.35. The van der Waals surface area contributed by atoms with Gasteiger partial charge in [-0.2, -0.15) is 0 Å². The van der Waals surface area contributed by atoms with Crippen molar-refractivity contribution < 1.29 is 18.7 Å². The Morgan fingerprint density at radius 2 is 1.87 bits per heavy atom. The van der Waals surface area contributed by atoms with Gasteiger partial charge in [-0.1, -0.05) is 29.8 Å². The molecule has 0 atom stereocenters. The number of benzene rings is 2. The minimum Gasteiger partial charge on any atom is -0.444 e. The largest absolute Gasteiger partial charge is 0.444 e. The fourth-order valence-corrected chi connectivity index (χ4v) is 4.97. The van der Waals surface area contributed by atoms with E-state index in [2.05, 4.69) is 15.6 Å². The zero-order valence-electron chi connectivity index (χ0n) is 21.8. The summed E-state index contributed by atoms with van der Waals surface area (Å²) in [5.41, 5.74) is 4.63. The minimum absolute atomic E-state index is 0.201.